The Balaban J connectivity index is 1.10. The predicted molar refractivity (Wildman–Crippen MR) is 173 cm³/mol. The van der Waals surface area contributed by atoms with Crippen molar-refractivity contribution in [3.05, 3.63) is 0 Å². The largest absolute Gasteiger partial charge is 0.387 e. The van der Waals surface area contributed by atoms with Crippen LogP contribution in [0.3, 0.4) is 0 Å². The molecule has 7 rings (SSSR count). The van der Waals surface area contributed by atoms with E-state index in [1.807, 2.05) is 0 Å². The molecule has 1 spiro atoms. The molecule has 270 valence electrons. The maximum absolute atomic E-state index is 13.3. The third kappa shape index (κ3) is 4.38. The zero-order valence-electron chi connectivity index (χ0n) is 30.0. The van der Waals surface area contributed by atoms with Crippen molar-refractivity contribution < 1.29 is 48.7 Å². The Morgan fingerprint density at radius 1 is 0.771 bits per heavy atom. The van der Waals surface area contributed by atoms with Gasteiger partial charge in [-0.25, -0.2) is 0 Å². The minimum absolute atomic E-state index is 0.0716. The number of fused-ring (bicyclic) bond motifs is 7. The number of Topliss-reactive ketones (excluding diaryl/α,β-unsaturated/α-hetero) is 3. The Kier molecular flexibility index (Phi) is 8.32. The average molecular weight is 675 g/mol. The first kappa shape index (κ1) is 35.1. The van der Waals surface area contributed by atoms with Crippen LogP contribution in [0.4, 0.5) is 0 Å². The summed E-state index contributed by atoms with van der Waals surface area (Å²) in [5.74, 6) is -2.45. The van der Waals surface area contributed by atoms with E-state index in [1.54, 1.807) is 0 Å². The molecule has 16 atom stereocenters. The van der Waals surface area contributed by atoms with Gasteiger partial charge in [0.2, 0.25) is 5.60 Å². The van der Waals surface area contributed by atoms with E-state index in [0.717, 1.165) is 65.9 Å². The monoisotopic (exact) mass is 674 g/mol. The SMILES string of the molecule is CC(=O)[C@@]1(O[C@H]2CC[C@@]3(C)[C@@H](CC[C@@H]4[C@@H]3CC[C@]3(C)[C@@H]5[C@H](C[C@@H]43)O[C@]3(CC[C@@H](C)CO3)[C@H]5C)C2)OC[C@@H](O)[C@@](O)(C(C)=O)[C@]1(O)C(C)=O. The zero-order valence-corrected chi connectivity index (χ0v) is 30.0. The lowest BCUT2D eigenvalue weighted by atomic mass is 9.44. The summed E-state index contributed by atoms with van der Waals surface area (Å²) < 4.78 is 25.6. The van der Waals surface area contributed by atoms with E-state index in [-0.39, 0.29) is 16.9 Å². The fourth-order valence-electron chi connectivity index (χ4n) is 13.0. The molecule has 3 N–H and O–H groups in total. The Hall–Kier alpha value is -1.27. The van der Waals surface area contributed by atoms with Crippen molar-refractivity contribution in [3.63, 3.8) is 0 Å². The van der Waals surface area contributed by atoms with Crippen molar-refractivity contribution in [2.45, 2.75) is 154 Å². The van der Waals surface area contributed by atoms with Crippen molar-refractivity contribution in [1.29, 1.82) is 0 Å². The summed E-state index contributed by atoms with van der Waals surface area (Å²) in [6.07, 6.45) is 7.57. The second-order valence-corrected chi connectivity index (χ2v) is 17.8. The number of ketones is 3. The molecule has 0 aromatic carbocycles. The van der Waals surface area contributed by atoms with Crippen molar-refractivity contribution in [1.82, 2.24) is 0 Å². The van der Waals surface area contributed by atoms with Crippen LogP contribution in [-0.2, 0) is 33.3 Å². The molecule has 0 unspecified atom stereocenters. The average Bonchev–Trinajstić information content (AvgIpc) is 3.48. The summed E-state index contributed by atoms with van der Waals surface area (Å²) in [7, 11) is 0. The molecule has 3 aliphatic heterocycles. The first-order chi connectivity index (χ1) is 22.4. The lowest BCUT2D eigenvalue weighted by Gasteiger charge is -2.62. The highest BCUT2D eigenvalue weighted by Crippen LogP contribution is 2.71. The van der Waals surface area contributed by atoms with E-state index in [1.165, 1.54) is 12.8 Å². The molecule has 0 amide bonds. The first-order valence-corrected chi connectivity index (χ1v) is 18.7. The van der Waals surface area contributed by atoms with E-state index in [4.69, 9.17) is 18.9 Å². The van der Waals surface area contributed by atoms with Crippen LogP contribution in [0.5, 0.6) is 0 Å². The predicted octanol–water partition coefficient (Wildman–Crippen LogP) is 4.13. The fraction of sp³-hybridized carbons (Fsp3) is 0.921. The summed E-state index contributed by atoms with van der Waals surface area (Å²) in [4.78, 5) is 39.2. The maximum Gasteiger partial charge on any atom is 0.269 e. The number of carbonyl (C=O) groups excluding carboxylic acids is 3. The van der Waals surface area contributed by atoms with E-state index < -0.39 is 58.9 Å². The maximum atomic E-state index is 13.3. The second-order valence-electron chi connectivity index (χ2n) is 17.8. The number of hydrogen-bond donors (Lipinski definition) is 3. The molecule has 7 fully saturated rings. The Bertz CT molecular complexity index is 1340. The summed E-state index contributed by atoms with van der Waals surface area (Å²) in [6.45, 7) is 12.8. The third-order valence-electron chi connectivity index (χ3n) is 15.7. The van der Waals surface area contributed by atoms with Crippen molar-refractivity contribution >= 4 is 17.3 Å². The molecular formula is C38H58O10. The molecule has 3 heterocycles. The summed E-state index contributed by atoms with van der Waals surface area (Å²) in [5, 5.41) is 33.9. The molecule has 48 heavy (non-hydrogen) atoms. The van der Waals surface area contributed by atoms with Crippen LogP contribution in [0, 0.1) is 52.3 Å². The van der Waals surface area contributed by atoms with Gasteiger partial charge in [0.1, 0.15) is 6.10 Å². The van der Waals surface area contributed by atoms with Crippen LogP contribution < -0.4 is 0 Å². The van der Waals surface area contributed by atoms with Gasteiger partial charge in [-0.15, -0.1) is 0 Å². The van der Waals surface area contributed by atoms with Gasteiger partial charge < -0.3 is 34.3 Å². The van der Waals surface area contributed by atoms with E-state index in [0.29, 0.717) is 54.3 Å². The number of aliphatic hydroxyl groups is 3. The fourth-order valence-corrected chi connectivity index (χ4v) is 13.0. The molecule has 0 bridgehead atoms. The summed E-state index contributed by atoms with van der Waals surface area (Å²) in [5.41, 5.74) is -5.80. The van der Waals surface area contributed by atoms with Crippen LogP contribution in [-0.4, -0.2) is 87.0 Å². The topological polar surface area (TPSA) is 149 Å². The first-order valence-electron chi connectivity index (χ1n) is 18.7. The number of rotatable bonds is 5. The van der Waals surface area contributed by atoms with Gasteiger partial charge in [-0.05, 0) is 118 Å². The molecule has 7 aliphatic rings. The summed E-state index contributed by atoms with van der Waals surface area (Å²) >= 11 is 0. The molecule has 3 saturated heterocycles. The van der Waals surface area contributed by atoms with Crippen LogP contribution in [0.25, 0.3) is 0 Å². The lowest BCUT2D eigenvalue weighted by molar-refractivity contribution is -0.376. The normalized spacial score (nSPS) is 56.1. The van der Waals surface area contributed by atoms with Crippen molar-refractivity contribution in [2.75, 3.05) is 13.2 Å². The molecule has 10 nitrogen and oxygen atoms in total. The van der Waals surface area contributed by atoms with Gasteiger partial charge >= 0.3 is 0 Å². The minimum atomic E-state index is -3.12. The van der Waals surface area contributed by atoms with Crippen LogP contribution in [0.2, 0.25) is 0 Å². The molecule has 4 saturated carbocycles. The number of aliphatic hydroxyl groups excluding tert-OH is 1. The Morgan fingerprint density at radius 3 is 2.10 bits per heavy atom. The number of ether oxygens (including phenoxy) is 4. The van der Waals surface area contributed by atoms with Crippen LogP contribution in [0.15, 0.2) is 0 Å². The number of carbonyl (C=O) groups is 3. The Labute approximate surface area is 285 Å². The molecular weight excluding hydrogens is 616 g/mol. The van der Waals surface area contributed by atoms with Gasteiger partial charge in [-0.3, -0.25) is 14.4 Å². The Morgan fingerprint density at radius 2 is 1.48 bits per heavy atom. The minimum Gasteiger partial charge on any atom is -0.387 e. The van der Waals surface area contributed by atoms with Gasteiger partial charge in [0, 0.05) is 19.3 Å². The highest BCUT2D eigenvalue weighted by Gasteiger charge is 2.77. The highest BCUT2D eigenvalue weighted by atomic mass is 16.7. The van der Waals surface area contributed by atoms with Gasteiger partial charge in [-0.2, -0.15) is 0 Å². The van der Waals surface area contributed by atoms with Gasteiger partial charge in [0.25, 0.3) is 5.79 Å². The van der Waals surface area contributed by atoms with Gasteiger partial charge in [-0.1, -0.05) is 27.7 Å². The highest BCUT2D eigenvalue weighted by molar-refractivity contribution is 6.04. The molecule has 0 radical (unpaired) electrons. The smallest absolute Gasteiger partial charge is 0.269 e. The van der Waals surface area contributed by atoms with Gasteiger partial charge in [0.05, 0.1) is 25.4 Å². The molecule has 4 aliphatic carbocycles. The molecule has 10 heteroatoms. The number of hydrogen-bond acceptors (Lipinski definition) is 10. The zero-order chi connectivity index (χ0) is 34.8. The van der Waals surface area contributed by atoms with Crippen molar-refractivity contribution in [3.8, 4) is 0 Å². The quantitative estimate of drug-likeness (QED) is 0.364. The van der Waals surface area contributed by atoms with E-state index in [2.05, 4.69) is 27.7 Å². The lowest BCUT2D eigenvalue weighted by Crippen LogP contribution is -2.84. The van der Waals surface area contributed by atoms with Gasteiger partial charge in [0.15, 0.2) is 28.7 Å². The summed E-state index contributed by atoms with van der Waals surface area (Å²) in [6, 6.07) is 0. The van der Waals surface area contributed by atoms with E-state index >= 15 is 0 Å². The standard InChI is InChI=1S/C38H58O10/c1-20-10-15-35(45-18-20)21(2)32-30(48-35)17-29-27-9-8-25-16-26(11-13-33(25,6)28(27)12-14-34(29,32)7)47-38(24(5)41)37(44,23(4)40)36(43,22(3)39)31(42)19-46-38/h20-21,25-32,42-44H,8-19H2,1-7H3/t20-,21+,25+,26+,27-,28+,29+,30+,31-,32+,33+,34+,35-,36+,37-,38+/m1/s1. The second kappa shape index (κ2) is 11.4. The van der Waals surface area contributed by atoms with E-state index in [9.17, 15) is 29.7 Å². The molecule has 0 aromatic rings. The van der Waals surface area contributed by atoms with Crippen LogP contribution in [0.1, 0.15) is 113 Å². The van der Waals surface area contributed by atoms with Crippen LogP contribution >= 0.6 is 0 Å². The van der Waals surface area contributed by atoms with Crippen molar-refractivity contribution in [2.24, 2.45) is 52.3 Å². The molecule has 0 aromatic heterocycles. The third-order valence-corrected chi connectivity index (χ3v) is 15.7.